The van der Waals surface area contributed by atoms with Crippen molar-refractivity contribution in [3.05, 3.63) is 76.5 Å². The molecule has 1 saturated carbocycles. The fourth-order valence-electron chi connectivity index (χ4n) is 4.54. The molecule has 1 aliphatic rings. The number of fused-ring (bicyclic) bond motifs is 1. The van der Waals surface area contributed by atoms with Crippen LogP contribution in [0.25, 0.3) is 16.6 Å². The van der Waals surface area contributed by atoms with Gasteiger partial charge in [0.05, 0.1) is 11.7 Å². The number of hydrogen-bond acceptors (Lipinski definition) is 5. The maximum atomic E-state index is 12.6. The molecule has 158 valence electrons. The lowest BCUT2D eigenvalue weighted by Crippen LogP contribution is -2.33. The second-order valence-electron chi connectivity index (χ2n) is 8.34. The minimum absolute atomic E-state index is 0.0580. The summed E-state index contributed by atoms with van der Waals surface area (Å²) in [6.45, 7) is 3.95. The maximum absolute atomic E-state index is 12.6. The third-order valence-corrected chi connectivity index (χ3v) is 6.09. The first-order valence-corrected chi connectivity index (χ1v) is 10.8. The highest BCUT2D eigenvalue weighted by atomic mass is 16.1. The molecule has 0 unspecified atom stereocenters. The predicted molar refractivity (Wildman–Crippen MR) is 122 cm³/mol. The number of aryl methyl sites for hydroxylation is 2. The van der Waals surface area contributed by atoms with Crippen molar-refractivity contribution in [1.82, 2.24) is 24.5 Å². The van der Waals surface area contributed by atoms with Gasteiger partial charge in [-0.25, -0.2) is 14.3 Å². The first kappa shape index (κ1) is 19.5. The van der Waals surface area contributed by atoms with Gasteiger partial charge in [-0.2, -0.15) is 5.10 Å². The lowest BCUT2D eigenvalue weighted by molar-refractivity contribution is 0.302. The van der Waals surface area contributed by atoms with Gasteiger partial charge in [0.25, 0.3) is 5.56 Å². The van der Waals surface area contributed by atoms with Crippen molar-refractivity contribution in [3.63, 3.8) is 0 Å². The summed E-state index contributed by atoms with van der Waals surface area (Å²) in [6, 6.07) is 16.1. The molecule has 7 heteroatoms. The van der Waals surface area contributed by atoms with E-state index in [1.54, 1.807) is 21.5 Å². The molecule has 0 aliphatic heterocycles. The van der Waals surface area contributed by atoms with E-state index in [0.717, 1.165) is 48.3 Å². The van der Waals surface area contributed by atoms with Gasteiger partial charge < -0.3 is 5.32 Å². The molecule has 5 rings (SSSR count). The Morgan fingerprint density at radius 1 is 0.968 bits per heavy atom. The fraction of sp³-hybridized carbons (Fsp3) is 0.333. The molecule has 0 saturated heterocycles. The zero-order valence-corrected chi connectivity index (χ0v) is 17.8. The minimum atomic E-state index is -0.0580. The van der Waals surface area contributed by atoms with Crippen LogP contribution in [0.15, 0.2) is 59.5 Å². The minimum Gasteiger partial charge on any atom is -0.367 e. The molecule has 0 radical (unpaired) electrons. The summed E-state index contributed by atoms with van der Waals surface area (Å²) in [6.07, 6.45) is 5.58. The molecule has 0 bridgehead atoms. The summed E-state index contributed by atoms with van der Waals surface area (Å²) in [4.78, 5) is 17.1. The number of pyridine rings is 1. The average Bonchev–Trinajstić information content (AvgIpc) is 3.13. The van der Waals surface area contributed by atoms with Gasteiger partial charge in [0.2, 0.25) is 0 Å². The van der Waals surface area contributed by atoms with Crippen LogP contribution in [-0.4, -0.2) is 30.6 Å². The Bertz CT molecular complexity index is 1280. The quantitative estimate of drug-likeness (QED) is 0.542. The molecule has 7 nitrogen and oxygen atoms in total. The number of nitrogens with zero attached hydrogens (tertiary/aromatic N) is 5. The molecule has 0 atom stereocenters. The Morgan fingerprint density at radius 2 is 1.77 bits per heavy atom. The maximum Gasteiger partial charge on any atom is 0.267 e. The van der Waals surface area contributed by atoms with Crippen molar-refractivity contribution >= 4 is 16.6 Å². The van der Waals surface area contributed by atoms with Crippen LogP contribution < -0.4 is 10.9 Å². The van der Waals surface area contributed by atoms with Gasteiger partial charge in [-0.3, -0.25) is 4.79 Å². The van der Waals surface area contributed by atoms with E-state index in [0.29, 0.717) is 11.9 Å². The number of hydrogen-bond donors (Lipinski definition) is 1. The molecular formula is C24H26N6O. The topological polar surface area (TPSA) is 77.6 Å². The van der Waals surface area contributed by atoms with Crippen LogP contribution in [0.1, 0.15) is 43.1 Å². The second-order valence-corrected chi connectivity index (χ2v) is 8.34. The number of nitrogens with one attached hydrogen (secondary N) is 1. The Kier molecular flexibility index (Phi) is 5.02. The van der Waals surface area contributed by atoms with E-state index in [1.165, 1.54) is 5.39 Å². The highest BCUT2D eigenvalue weighted by molar-refractivity contribution is 5.91. The highest BCUT2D eigenvalue weighted by Crippen LogP contribution is 2.30. The number of anilines is 1. The van der Waals surface area contributed by atoms with Crippen molar-refractivity contribution in [2.75, 3.05) is 5.32 Å². The fourth-order valence-corrected chi connectivity index (χ4v) is 4.54. The molecular weight excluding hydrogens is 388 g/mol. The monoisotopic (exact) mass is 414 g/mol. The average molecular weight is 415 g/mol. The van der Waals surface area contributed by atoms with Crippen LogP contribution in [0.2, 0.25) is 0 Å². The van der Waals surface area contributed by atoms with Crippen molar-refractivity contribution in [2.45, 2.75) is 51.6 Å². The summed E-state index contributed by atoms with van der Waals surface area (Å²) < 4.78 is 3.45. The number of rotatable bonds is 4. The summed E-state index contributed by atoms with van der Waals surface area (Å²) in [7, 11) is 0. The van der Waals surface area contributed by atoms with E-state index >= 15 is 0 Å². The molecule has 1 aliphatic carbocycles. The van der Waals surface area contributed by atoms with Crippen LogP contribution in [0, 0.1) is 13.8 Å². The van der Waals surface area contributed by atoms with E-state index in [1.807, 2.05) is 44.3 Å². The summed E-state index contributed by atoms with van der Waals surface area (Å²) in [5.41, 5.74) is 1.88. The molecule has 1 fully saturated rings. The van der Waals surface area contributed by atoms with Crippen LogP contribution in [-0.2, 0) is 0 Å². The highest BCUT2D eigenvalue weighted by Gasteiger charge is 2.25. The smallest absolute Gasteiger partial charge is 0.267 e. The van der Waals surface area contributed by atoms with Crippen molar-refractivity contribution < 1.29 is 0 Å². The Hall–Kier alpha value is -3.48. The van der Waals surface area contributed by atoms with Crippen LogP contribution in [0.4, 0.5) is 5.82 Å². The van der Waals surface area contributed by atoms with Gasteiger partial charge >= 0.3 is 0 Å². The molecule has 3 aromatic heterocycles. The number of aromatic nitrogens is 5. The van der Waals surface area contributed by atoms with Gasteiger partial charge in [-0.1, -0.05) is 24.3 Å². The molecule has 31 heavy (non-hydrogen) atoms. The molecule has 0 amide bonds. The molecule has 4 aromatic rings. The SMILES string of the molecule is Cc1cc(C)n(-c2ccc(=O)n(C3CCC(Nc4nccc5ccccc45)CC3)n2)n1. The zero-order valence-electron chi connectivity index (χ0n) is 17.8. The van der Waals surface area contributed by atoms with Gasteiger partial charge in [0.1, 0.15) is 5.82 Å². The summed E-state index contributed by atoms with van der Waals surface area (Å²) in [5, 5.41) is 15.1. The van der Waals surface area contributed by atoms with Crippen molar-refractivity contribution in [2.24, 2.45) is 0 Å². The molecule has 1 aromatic carbocycles. The lowest BCUT2D eigenvalue weighted by atomic mass is 9.91. The first-order chi connectivity index (χ1) is 15.1. The second kappa shape index (κ2) is 7.98. The third-order valence-electron chi connectivity index (χ3n) is 6.09. The van der Waals surface area contributed by atoms with Crippen molar-refractivity contribution in [3.8, 4) is 5.82 Å². The first-order valence-electron chi connectivity index (χ1n) is 10.8. The Labute approximate surface area is 180 Å². The Morgan fingerprint density at radius 3 is 2.55 bits per heavy atom. The van der Waals surface area contributed by atoms with Crippen LogP contribution in [0.3, 0.4) is 0 Å². The van der Waals surface area contributed by atoms with Gasteiger partial charge in [0, 0.05) is 29.4 Å². The molecule has 3 heterocycles. The normalized spacial score (nSPS) is 18.9. The zero-order chi connectivity index (χ0) is 21.4. The van der Waals surface area contributed by atoms with E-state index in [9.17, 15) is 4.79 Å². The van der Waals surface area contributed by atoms with Crippen molar-refractivity contribution in [1.29, 1.82) is 0 Å². The number of benzene rings is 1. The molecule has 0 spiro atoms. The lowest BCUT2D eigenvalue weighted by Gasteiger charge is -2.30. The van der Waals surface area contributed by atoms with Gasteiger partial charge in [-0.05, 0) is 63.1 Å². The molecule has 1 N–H and O–H groups in total. The van der Waals surface area contributed by atoms with Gasteiger partial charge in [-0.15, -0.1) is 5.10 Å². The van der Waals surface area contributed by atoms with E-state index in [2.05, 4.69) is 32.6 Å². The third kappa shape index (κ3) is 3.83. The summed E-state index contributed by atoms with van der Waals surface area (Å²) >= 11 is 0. The predicted octanol–water partition coefficient (Wildman–Crippen LogP) is 4.19. The van der Waals surface area contributed by atoms with Gasteiger partial charge in [0.15, 0.2) is 5.82 Å². The van der Waals surface area contributed by atoms with E-state index in [4.69, 9.17) is 0 Å². The standard InChI is InChI=1S/C24H26N6O/c1-16-15-17(2)29(27-16)22-11-12-23(31)30(28-22)20-9-7-19(8-10-20)26-24-21-6-4-3-5-18(21)13-14-25-24/h3-6,11-15,19-20H,7-10H2,1-2H3,(H,25,26). The van der Waals surface area contributed by atoms with E-state index < -0.39 is 0 Å². The van der Waals surface area contributed by atoms with Crippen LogP contribution >= 0.6 is 0 Å². The summed E-state index contributed by atoms with van der Waals surface area (Å²) in [5.74, 6) is 1.62. The van der Waals surface area contributed by atoms with Crippen LogP contribution in [0.5, 0.6) is 0 Å². The Balaban J connectivity index is 1.32. The van der Waals surface area contributed by atoms with E-state index in [-0.39, 0.29) is 11.6 Å². The largest absolute Gasteiger partial charge is 0.367 e.